The second-order valence-electron chi connectivity index (χ2n) is 5.43. The lowest BCUT2D eigenvalue weighted by atomic mass is 10.1. The summed E-state index contributed by atoms with van der Waals surface area (Å²) >= 11 is 0. The van der Waals surface area contributed by atoms with Crippen LogP contribution in [0.2, 0.25) is 0 Å². The summed E-state index contributed by atoms with van der Waals surface area (Å²) in [6.07, 6.45) is 2.09. The van der Waals surface area contributed by atoms with Gasteiger partial charge in [-0.05, 0) is 37.9 Å². The number of nitrogens with zero attached hydrogens (tertiary/aromatic N) is 2. The first-order chi connectivity index (χ1) is 9.69. The summed E-state index contributed by atoms with van der Waals surface area (Å²) in [5, 5.41) is 9.98. The van der Waals surface area contributed by atoms with E-state index < -0.39 is 0 Å². The number of H-pyrrole nitrogens is 1. The molecule has 1 aliphatic rings. The molecule has 2 aromatic rings. The van der Waals surface area contributed by atoms with Crippen LogP contribution in [0.15, 0.2) is 23.0 Å². The molecule has 1 aliphatic heterocycles. The fraction of sp³-hybridized carbons (Fsp3) is 0.467. The molecule has 2 heterocycles. The number of aromatic nitrogens is 2. The number of fused-ring (bicyclic) bond motifs is 1. The van der Waals surface area contributed by atoms with Crippen molar-refractivity contribution in [1.82, 2.24) is 14.9 Å². The van der Waals surface area contributed by atoms with Crippen LogP contribution >= 0.6 is 0 Å². The average Bonchev–Trinajstić information content (AvgIpc) is 2.87. The van der Waals surface area contributed by atoms with E-state index in [9.17, 15) is 9.90 Å². The predicted octanol–water partition coefficient (Wildman–Crippen LogP) is 1.19. The highest BCUT2D eigenvalue weighted by atomic mass is 16.3. The van der Waals surface area contributed by atoms with Gasteiger partial charge in [-0.3, -0.25) is 9.69 Å². The number of aliphatic hydroxyl groups excluding tert-OH is 1. The molecule has 1 atom stereocenters. The highest BCUT2D eigenvalue weighted by Gasteiger charge is 2.24. The molecule has 0 radical (unpaired) electrons. The molecule has 1 aromatic carbocycles. The number of benzene rings is 1. The van der Waals surface area contributed by atoms with Gasteiger partial charge in [-0.1, -0.05) is 12.1 Å². The number of para-hydroxylation sites is 1. The molecule has 20 heavy (non-hydrogen) atoms. The molecule has 0 saturated carbocycles. The van der Waals surface area contributed by atoms with Crippen molar-refractivity contribution in [3.63, 3.8) is 0 Å². The third-order valence-corrected chi connectivity index (χ3v) is 4.05. The smallest absolute Gasteiger partial charge is 0.258 e. The first kappa shape index (κ1) is 13.3. The Labute approximate surface area is 117 Å². The van der Waals surface area contributed by atoms with Crippen LogP contribution in [0.3, 0.4) is 0 Å². The number of aryl methyl sites for hydroxylation is 1. The lowest BCUT2D eigenvalue weighted by Gasteiger charge is -2.21. The molecule has 1 aromatic heterocycles. The highest BCUT2D eigenvalue weighted by molar-refractivity contribution is 5.80. The normalized spacial score (nSPS) is 19.8. The first-order valence-corrected chi connectivity index (χ1v) is 7.02. The number of hydrogen-bond acceptors (Lipinski definition) is 4. The molecule has 106 valence electrons. The Bertz CT molecular complexity index is 680. The molecule has 0 spiro atoms. The van der Waals surface area contributed by atoms with Gasteiger partial charge in [-0.2, -0.15) is 0 Å². The van der Waals surface area contributed by atoms with E-state index in [0.717, 1.165) is 30.5 Å². The number of rotatable bonds is 3. The molecule has 0 unspecified atom stereocenters. The molecular formula is C15H19N3O2. The zero-order chi connectivity index (χ0) is 14.1. The van der Waals surface area contributed by atoms with Crippen LogP contribution < -0.4 is 5.56 Å². The monoisotopic (exact) mass is 273 g/mol. The van der Waals surface area contributed by atoms with Crippen molar-refractivity contribution in [2.45, 2.75) is 32.4 Å². The van der Waals surface area contributed by atoms with Crippen molar-refractivity contribution in [3.05, 3.63) is 39.9 Å². The van der Waals surface area contributed by atoms with Gasteiger partial charge in [-0.25, -0.2) is 4.98 Å². The lowest BCUT2D eigenvalue weighted by Crippen LogP contribution is -2.33. The standard InChI is InChI=1S/C15H19N3O2/c1-10-4-2-6-12-14(10)16-13(17-15(12)20)8-18-7-3-5-11(18)9-19/h2,4,6,11,19H,3,5,7-9H2,1H3,(H,16,17,20)/t11-/m1/s1. The maximum atomic E-state index is 12.1. The van der Waals surface area contributed by atoms with E-state index in [4.69, 9.17) is 0 Å². The minimum Gasteiger partial charge on any atom is -0.395 e. The summed E-state index contributed by atoms with van der Waals surface area (Å²) in [5.74, 6) is 0.678. The molecule has 3 rings (SSSR count). The number of aromatic amines is 1. The Morgan fingerprint density at radius 3 is 3.15 bits per heavy atom. The van der Waals surface area contributed by atoms with E-state index in [1.54, 1.807) is 6.07 Å². The zero-order valence-corrected chi connectivity index (χ0v) is 11.6. The molecule has 5 heteroatoms. The largest absolute Gasteiger partial charge is 0.395 e. The van der Waals surface area contributed by atoms with E-state index in [2.05, 4.69) is 14.9 Å². The molecular weight excluding hydrogens is 254 g/mol. The van der Waals surface area contributed by atoms with E-state index in [0.29, 0.717) is 17.8 Å². The Hall–Kier alpha value is -1.72. The zero-order valence-electron chi connectivity index (χ0n) is 11.6. The number of aliphatic hydroxyl groups is 1. The number of nitrogens with one attached hydrogen (secondary N) is 1. The van der Waals surface area contributed by atoms with E-state index in [1.807, 2.05) is 19.1 Å². The minimum atomic E-state index is -0.0894. The lowest BCUT2D eigenvalue weighted by molar-refractivity contribution is 0.151. The maximum absolute atomic E-state index is 12.1. The van der Waals surface area contributed by atoms with Crippen LogP contribution in [-0.4, -0.2) is 39.2 Å². The summed E-state index contributed by atoms with van der Waals surface area (Å²) in [4.78, 5) is 21.7. The second-order valence-corrected chi connectivity index (χ2v) is 5.43. The first-order valence-electron chi connectivity index (χ1n) is 7.02. The molecule has 1 fully saturated rings. The Balaban J connectivity index is 1.96. The predicted molar refractivity (Wildman–Crippen MR) is 77.6 cm³/mol. The Morgan fingerprint density at radius 1 is 1.50 bits per heavy atom. The van der Waals surface area contributed by atoms with Crippen molar-refractivity contribution in [2.75, 3.05) is 13.2 Å². The number of likely N-dealkylation sites (tertiary alicyclic amines) is 1. The van der Waals surface area contributed by atoms with Gasteiger partial charge in [0.15, 0.2) is 0 Å². The molecule has 0 amide bonds. The van der Waals surface area contributed by atoms with Crippen LogP contribution in [0.4, 0.5) is 0 Å². The van der Waals surface area contributed by atoms with Crippen LogP contribution in [-0.2, 0) is 6.54 Å². The third-order valence-electron chi connectivity index (χ3n) is 4.05. The van der Waals surface area contributed by atoms with E-state index in [1.165, 1.54) is 0 Å². The van der Waals surface area contributed by atoms with Gasteiger partial charge >= 0.3 is 0 Å². The van der Waals surface area contributed by atoms with Crippen molar-refractivity contribution >= 4 is 10.9 Å². The SMILES string of the molecule is Cc1cccc2c(=O)[nH]c(CN3CCC[C@@H]3CO)nc12. The maximum Gasteiger partial charge on any atom is 0.258 e. The van der Waals surface area contributed by atoms with E-state index >= 15 is 0 Å². The van der Waals surface area contributed by atoms with Crippen LogP contribution in [0, 0.1) is 6.92 Å². The highest BCUT2D eigenvalue weighted by Crippen LogP contribution is 2.19. The Kier molecular flexibility index (Phi) is 3.54. The molecule has 1 saturated heterocycles. The van der Waals surface area contributed by atoms with Crippen molar-refractivity contribution < 1.29 is 5.11 Å². The number of hydrogen-bond donors (Lipinski definition) is 2. The quantitative estimate of drug-likeness (QED) is 0.881. The van der Waals surface area contributed by atoms with Crippen molar-refractivity contribution in [3.8, 4) is 0 Å². The average molecular weight is 273 g/mol. The van der Waals surface area contributed by atoms with Gasteiger partial charge in [-0.15, -0.1) is 0 Å². The molecule has 0 aliphatic carbocycles. The van der Waals surface area contributed by atoms with Crippen molar-refractivity contribution in [1.29, 1.82) is 0 Å². The van der Waals surface area contributed by atoms with E-state index in [-0.39, 0.29) is 18.2 Å². The van der Waals surface area contributed by atoms with Gasteiger partial charge < -0.3 is 10.1 Å². The van der Waals surface area contributed by atoms with Gasteiger partial charge in [0.2, 0.25) is 0 Å². The van der Waals surface area contributed by atoms with Crippen LogP contribution in [0.5, 0.6) is 0 Å². The van der Waals surface area contributed by atoms with Crippen LogP contribution in [0.1, 0.15) is 24.2 Å². The Morgan fingerprint density at radius 2 is 2.35 bits per heavy atom. The van der Waals surface area contributed by atoms with Crippen molar-refractivity contribution in [2.24, 2.45) is 0 Å². The summed E-state index contributed by atoms with van der Waals surface area (Å²) in [6.45, 7) is 3.66. The third kappa shape index (κ3) is 2.34. The topological polar surface area (TPSA) is 69.2 Å². The minimum absolute atomic E-state index is 0.0894. The molecule has 0 bridgehead atoms. The summed E-state index contributed by atoms with van der Waals surface area (Å²) in [5.41, 5.74) is 1.69. The van der Waals surface area contributed by atoms with Gasteiger partial charge in [0.1, 0.15) is 5.82 Å². The fourth-order valence-corrected chi connectivity index (χ4v) is 2.93. The van der Waals surface area contributed by atoms with Gasteiger partial charge in [0.25, 0.3) is 5.56 Å². The van der Waals surface area contributed by atoms with Crippen LogP contribution in [0.25, 0.3) is 10.9 Å². The fourth-order valence-electron chi connectivity index (χ4n) is 2.93. The summed E-state index contributed by atoms with van der Waals surface area (Å²) in [6, 6.07) is 5.82. The van der Waals surface area contributed by atoms with Gasteiger partial charge in [0.05, 0.1) is 24.1 Å². The summed E-state index contributed by atoms with van der Waals surface area (Å²) < 4.78 is 0. The molecule has 2 N–H and O–H groups in total. The second kappa shape index (κ2) is 5.34. The molecule has 5 nitrogen and oxygen atoms in total. The van der Waals surface area contributed by atoms with Gasteiger partial charge in [0, 0.05) is 6.04 Å². The summed E-state index contributed by atoms with van der Waals surface area (Å²) in [7, 11) is 0.